The van der Waals surface area contributed by atoms with E-state index >= 15 is 0 Å². The molecule has 0 saturated heterocycles. The molecule has 0 atom stereocenters. The molecule has 2 heterocycles. The molecule has 2 aromatic rings. The summed E-state index contributed by atoms with van der Waals surface area (Å²) in [5.41, 5.74) is 3.85. The Morgan fingerprint density at radius 2 is 1.91 bits per heavy atom. The van der Waals surface area contributed by atoms with Crippen LogP contribution in [0.2, 0.25) is 5.02 Å². The highest BCUT2D eigenvalue weighted by atomic mass is 35.5. The van der Waals surface area contributed by atoms with Crippen molar-refractivity contribution in [3.8, 4) is 16.9 Å². The third-order valence-corrected chi connectivity index (χ3v) is 4.00. The van der Waals surface area contributed by atoms with Crippen molar-refractivity contribution in [2.45, 2.75) is 6.92 Å². The van der Waals surface area contributed by atoms with Crippen LogP contribution in [0.25, 0.3) is 27.8 Å². The van der Waals surface area contributed by atoms with Crippen molar-refractivity contribution >= 4 is 22.5 Å². The molecule has 0 spiro atoms. The molecule has 0 radical (unpaired) electrons. The van der Waals surface area contributed by atoms with Gasteiger partial charge >= 0.3 is 0 Å². The number of nitrogens with zero attached hydrogens (tertiary/aromatic N) is 2. The van der Waals surface area contributed by atoms with E-state index in [-0.39, 0.29) is 5.56 Å². The van der Waals surface area contributed by atoms with Crippen molar-refractivity contribution < 1.29 is 0 Å². The van der Waals surface area contributed by atoms with E-state index in [1.165, 1.54) is 4.68 Å². The summed E-state index contributed by atoms with van der Waals surface area (Å²) in [5, 5.41) is 5.96. The van der Waals surface area contributed by atoms with E-state index < -0.39 is 0 Å². The Bertz CT molecular complexity index is 1010. The number of aryl methyl sites for hydroxylation is 1. The standard InChI is InChI=1S/C17H12ClN3O/c1-10-2-5-12(6-3-10)21-17(22)14-9-19-15-7-4-11(18)8-13(15)16(14)20-21/h2-9,19H,1H3. The molecule has 5 heteroatoms. The van der Waals surface area contributed by atoms with Crippen LogP contribution in [0.3, 0.4) is 0 Å². The zero-order valence-corrected chi connectivity index (χ0v) is 12.6. The first-order valence-corrected chi connectivity index (χ1v) is 7.28. The number of fused-ring (bicyclic) bond motifs is 3. The van der Waals surface area contributed by atoms with Gasteiger partial charge in [0.1, 0.15) is 5.69 Å². The number of nitrogens with one attached hydrogen (secondary N) is 1. The summed E-state index contributed by atoms with van der Waals surface area (Å²) in [5.74, 6) is 0. The number of aromatic nitrogens is 3. The highest BCUT2D eigenvalue weighted by Crippen LogP contribution is 2.28. The normalized spacial score (nSPS) is 11.4. The first-order valence-electron chi connectivity index (χ1n) is 6.90. The molecule has 108 valence electrons. The first-order chi connectivity index (χ1) is 10.6. The number of hydrogen-bond donors (Lipinski definition) is 1. The lowest BCUT2D eigenvalue weighted by atomic mass is 10.1. The van der Waals surface area contributed by atoms with Gasteiger partial charge in [-0.15, -0.1) is 0 Å². The van der Waals surface area contributed by atoms with Crippen LogP contribution in [-0.2, 0) is 0 Å². The van der Waals surface area contributed by atoms with Gasteiger partial charge in [-0.1, -0.05) is 29.3 Å². The van der Waals surface area contributed by atoms with Crippen molar-refractivity contribution in [3.05, 3.63) is 69.6 Å². The largest absolute Gasteiger partial charge is 0.360 e. The molecule has 2 aliphatic heterocycles. The van der Waals surface area contributed by atoms with Gasteiger partial charge in [-0.05, 0) is 37.3 Å². The second kappa shape index (κ2) is 4.71. The molecule has 4 nitrogen and oxygen atoms in total. The molecule has 0 aromatic heterocycles. The van der Waals surface area contributed by atoms with E-state index in [4.69, 9.17) is 11.6 Å². The van der Waals surface area contributed by atoms with Gasteiger partial charge < -0.3 is 4.98 Å². The van der Waals surface area contributed by atoms with Gasteiger partial charge in [-0.2, -0.15) is 9.78 Å². The van der Waals surface area contributed by atoms with Crippen LogP contribution in [0.5, 0.6) is 0 Å². The lowest BCUT2D eigenvalue weighted by Gasteiger charge is -2.02. The van der Waals surface area contributed by atoms with Gasteiger partial charge in [-0.25, -0.2) is 0 Å². The van der Waals surface area contributed by atoms with Crippen LogP contribution >= 0.6 is 11.6 Å². The van der Waals surface area contributed by atoms with Crippen LogP contribution in [0.4, 0.5) is 0 Å². The predicted octanol–water partition coefficient (Wildman–Crippen LogP) is 3.78. The molecule has 2 aromatic carbocycles. The zero-order valence-electron chi connectivity index (χ0n) is 11.8. The fourth-order valence-electron chi connectivity index (χ4n) is 2.59. The van der Waals surface area contributed by atoms with Gasteiger partial charge in [0.05, 0.1) is 11.3 Å². The minimum atomic E-state index is -0.142. The maximum atomic E-state index is 12.6. The van der Waals surface area contributed by atoms with Gasteiger partial charge in [0, 0.05) is 22.1 Å². The van der Waals surface area contributed by atoms with Crippen molar-refractivity contribution in [3.63, 3.8) is 0 Å². The Labute approximate surface area is 131 Å². The predicted molar refractivity (Wildman–Crippen MR) is 88.1 cm³/mol. The Kier molecular flexibility index (Phi) is 2.81. The number of H-pyrrole nitrogens is 1. The third kappa shape index (κ3) is 1.92. The number of aromatic amines is 1. The van der Waals surface area contributed by atoms with Crippen LogP contribution in [0.1, 0.15) is 5.56 Å². The Morgan fingerprint density at radius 3 is 2.68 bits per heavy atom. The first kappa shape index (κ1) is 13.1. The summed E-state index contributed by atoms with van der Waals surface area (Å²) in [4.78, 5) is 15.7. The van der Waals surface area contributed by atoms with Crippen LogP contribution in [0.15, 0.2) is 53.5 Å². The number of pyridine rings is 1. The number of hydrogen-bond acceptors (Lipinski definition) is 2. The molecule has 0 fully saturated rings. The Balaban J connectivity index is 2.05. The topological polar surface area (TPSA) is 50.7 Å². The van der Waals surface area contributed by atoms with E-state index in [1.54, 1.807) is 12.3 Å². The second-order valence-electron chi connectivity index (χ2n) is 5.29. The quantitative estimate of drug-likeness (QED) is 0.582. The second-order valence-corrected chi connectivity index (χ2v) is 5.73. The summed E-state index contributed by atoms with van der Waals surface area (Å²) in [6, 6.07) is 13.2. The van der Waals surface area contributed by atoms with Gasteiger partial charge in [-0.3, -0.25) is 4.79 Å². The molecular weight excluding hydrogens is 298 g/mol. The van der Waals surface area contributed by atoms with Crippen LogP contribution in [0, 0.1) is 6.92 Å². The molecular formula is C17H12ClN3O. The minimum absolute atomic E-state index is 0.142. The average Bonchev–Trinajstić information content (AvgIpc) is 2.86. The Morgan fingerprint density at radius 1 is 1.14 bits per heavy atom. The SMILES string of the molecule is Cc1ccc(-n2nc3c4cc(Cl)ccc4[nH]cc-3c2=O)cc1. The molecule has 0 saturated carbocycles. The van der Waals surface area contributed by atoms with Crippen LogP contribution < -0.4 is 5.56 Å². The minimum Gasteiger partial charge on any atom is -0.360 e. The van der Waals surface area contributed by atoms with Gasteiger partial charge in [0.15, 0.2) is 0 Å². The number of benzene rings is 2. The third-order valence-electron chi connectivity index (χ3n) is 3.77. The lowest BCUT2D eigenvalue weighted by molar-refractivity contribution is 0.858. The van der Waals surface area contributed by atoms with Crippen molar-refractivity contribution in [2.24, 2.45) is 0 Å². The van der Waals surface area contributed by atoms with E-state index in [0.717, 1.165) is 22.2 Å². The highest BCUT2D eigenvalue weighted by Gasteiger charge is 2.18. The molecule has 0 bridgehead atoms. The smallest absolute Gasteiger partial charge is 0.282 e. The fourth-order valence-corrected chi connectivity index (χ4v) is 2.76. The molecule has 0 unspecified atom stereocenters. The number of rotatable bonds is 1. The van der Waals surface area contributed by atoms with Crippen LogP contribution in [-0.4, -0.2) is 14.8 Å². The zero-order chi connectivity index (χ0) is 15.3. The molecule has 1 N–H and O–H groups in total. The summed E-state index contributed by atoms with van der Waals surface area (Å²) in [6.07, 6.45) is 1.70. The van der Waals surface area contributed by atoms with Crippen molar-refractivity contribution in [2.75, 3.05) is 0 Å². The van der Waals surface area contributed by atoms with E-state index in [9.17, 15) is 4.79 Å². The highest BCUT2D eigenvalue weighted by molar-refractivity contribution is 6.31. The fraction of sp³-hybridized carbons (Fsp3) is 0.0588. The van der Waals surface area contributed by atoms with Crippen molar-refractivity contribution in [1.82, 2.24) is 14.8 Å². The van der Waals surface area contributed by atoms with E-state index in [1.807, 2.05) is 43.3 Å². The van der Waals surface area contributed by atoms with E-state index in [0.29, 0.717) is 16.3 Å². The maximum absolute atomic E-state index is 12.6. The molecule has 4 rings (SSSR count). The molecule has 0 aliphatic carbocycles. The lowest BCUT2D eigenvalue weighted by Crippen LogP contribution is -2.14. The van der Waals surface area contributed by atoms with E-state index in [2.05, 4.69) is 10.1 Å². The summed E-state index contributed by atoms with van der Waals surface area (Å²) >= 11 is 6.07. The Hall–Kier alpha value is -2.59. The van der Waals surface area contributed by atoms with Gasteiger partial charge in [0.2, 0.25) is 0 Å². The van der Waals surface area contributed by atoms with Crippen molar-refractivity contribution in [1.29, 1.82) is 0 Å². The summed E-state index contributed by atoms with van der Waals surface area (Å²) < 4.78 is 1.43. The van der Waals surface area contributed by atoms with Gasteiger partial charge in [0.25, 0.3) is 5.56 Å². The number of halogens is 1. The molecule has 0 amide bonds. The maximum Gasteiger partial charge on any atom is 0.282 e. The average molecular weight is 310 g/mol. The monoisotopic (exact) mass is 309 g/mol. The molecule has 22 heavy (non-hydrogen) atoms. The molecule has 2 aliphatic rings. The summed E-state index contributed by atoms with van der Waals surface area (Å²) in [7, 11) is 0. The summed E-state index contributed by atoms with van der Waals surface area (Å²) in [6.45, 7) is 2.01.